The molecule has 6 heteroatoms. The van der Waals surface area contributed by atoms with Crippen LogP contribution in [0.3, 0.4) is 0 Å². The molecule has 1 fully saturated rings. The van der Waals surface area contributed by atoms with E-state index >= 15 is 0 Å². The van der Waals surface area contributed by atoms with Crippen molar-refractivity contribution < 1.29 is 4.74 Å². The van der Waals surface area contributed by atoms with Crippen LogP contribution in [-0.4, -0.2) is 62.8 Å². The molecule has 0 radical (unpaired) electrons. The molecule has 2 N–H and O–H groups in total. The lowest BCUT2D eigenvalue weighted by molar-refractivity contribution is 0.0268. The molecular weight excluding hydrogens is 367 g/mol. The van der Waals surface area contributed by atoms with Crippen molar-refractivity contribution in [1.29, 1.82) is 0 Å². The van der Waals surface area contributed by atoms with Gasteiger partial charge in [0, 0.05) is 39.8 Å². The first kappa shape index (κ1) is 19.9. The lowest BCUT2D eigenvalue weighted by Gasteiger charge is -2.25. The molecule has 0 aromatic carbocycles. The van der Waals surface area contributed by atoms with Crippen molar-refractivity contribution >= 4 is 29.9 Å². The van der Waals surface area contributed by atoms with Gasteiger partial charge in [-0.1, -0.05) is 6.92 Å². The van der Waals surface area contributed by atoms with Gasteiger partial charge in [0.05, 0.1) is 5.60 Å². The van der Waals surface area contributed by atoms with Crippen LogP contribution in [0.4, 0.5) is 0 Å². The SMILES string of the molecule is CCN(CCNC(=NC)NCC(C)(C)OC)C1CC1.I. The molecule has 0 aromatic heterocycles. The number of rotatable bonds is 8. The number of nitrogens with zero attached hydrogens (tertiary/aromatic N) is 2. The van der Waals surface area contributed by atoms with E-state index in [1.165, 1.54) is 12.8 Å². The number of aliphatic imine (C=N–C) groups is 1. The Balaban J connectivity index is 0.00000361. The zero-order valence-corrected chi connectivity index (χ0v) is 15.9. The van der Waals surface area contributed by atoms with Crippen LogP contribution >= 0.6 is 24.0 Å². The standard InChI is InChI=1S/C14H30N4O.HI/c1-6-18(12-7-8-12)10-9-16-13(15-4)17-11-14(2,3)19-5;/h12H,6-11H2,1-5H3,(H2,15,16,17);1H. The summed E-state index contributed by atoms with van der Waals surface area (Å²) in [4.78, 5) is 6.76. The number of halogens is 1. The van der Waals surface area contributed by atoms with E-state index in [9.17, 15) is 0 Å². The maximum absolute atomic E-state index is 5.38. The lowest BCUT2D eigenvalue weighted by Crippen LogP contribution is -2.47. The van der Waals surface area contributed by atoms with Crippen LogP contribution in [0, 0.1) is 0 Å². The molecule has 0 bridgehead atoms. The topological polar surface area (TPSA) is 48.9 Å². The molecule has 20 heavy (non-hydrogen) atoms. The van der Waals surface area contributed by atoms with E-state index in [0.29, 0.717) is 0 Å². The third kappa shape index (κ3) is 7.64. The van der Waals surface area contributed by atoms with E-state index in [2.05, 4.69) is 41.3 Å². The van der Waals surface area contributed by atoms with Gasteiger partial charge in [-0.3, -0.25) is 9.89 Å². The Labute approximate surface area is 140 Å². The van der Waals surface area contributed by atoms with Crippen molar-refractivity contribution in [3.8, 4) is 0 Å². The fraction of sp³-hybridized carbons (Fsp3) is 0.929. The van der Waals surface area contributed by atoms with E-state index in [1.807, 2.05) is 0 Å². The Bertz CT molecular complexity index is 293. The highest BCUT2D eigenvalue weighted by atomic mass is 127. The molecule has 0 saturated heterocycles. The molecule has 0 atom stereocenters. The number of methoxy groups -OCH3 is 1. The highest BCUT2D eigenvalue weighted by molar-refractivity contribution is 14.0. The molecule has 0 heterocycles. The van der Waals surface area contributed by atoms with Gasteiger partial charge in [0.1, 0.15) is 0 Å². The van der Waals surface area contributed by atoms with Crippen molar-refractivity contribution in [2.24, 2.45) is 4.99 Å². The molecule has 0 spiro atoms. The summed E-state index contributed by atoms with van der Waals surface area (Å²) in [6.07, 6.45) is 2.73. The van der Waals surface area contributed by atoms with Crippen molar-refractivity contribution in [2.75, 3.05) is 40.3 Å². The van der Waals surface area contributed by atoms with Crippen LogP contribution < -0.4 is 10.6 Å². The minimum Gasteiger partial charge on any atom is -0.377 e. The Hall–Kier alpha value is -0.0800. The second-order valence-corrected chi connectivity index (χ2v) is 5.68. The van der Waals surface area contributed by atoms with Crippen LogP contribution in [0.25, 0.3) is 0 Å². The third-order valence-corrected chi connectivity index (χ3v) is 3.62. The van der Waals surface area contributed by atoms with E-state index in [-0.39, 0.29) is 29.6 Å². The van der Waals surface area contributed by atoms with E-state index in [1.54, 1.807) is 14.2 Å². The zero-order valence-electron chi connectivity index (χ0n) is 13.5. The smallest absolute Gasteiger partial charge is 0.191 e. The molecule has 1 saturated carbocycles. The fourth-order valence-electron chi connectivity index (χ4n) is 1.95. The van der Waals surface area contributed by atoms with Crippen molar-refractivity contribution in [1.82, 2.24) is 15.5 Å². The van der Waals surface area contributed by atoms with Gasteiger partial charge in [0.15, 0.2) is 5.96 Å². The van der Waals surface area contributed by atoms with Crippen LogP contribution in [0.5, 0.6) is 0 Å². The Morgan fingerprint density at radius 3 is 2.45 bits per heavy atom. The van der Waals surface area contributed by atoms with Crippen LogP contribution in [0.2, 0.25) is 0 Å². The zero-order chi connectivity index (χ0) is 14.3. The maximum Gasteiger partial charge on any atom is 0.191 e. The van der Waals surface area contributed by atoms with Gasteiger partial charge in [-0.15, -0.1) is 24.0 Å². The third-order valence-electron chi connectivity index (χ3n) is 3.62. The van der Waals surface area contributed by atoms with Crippen molar-refractivity contribution in [3.05, 3.63) is 0 Å². The average molecular weight is 398 g/mol. The highest BCUT2D eigenvalue weighted by Gasteiger charge is 2.27. The van der Waals surface area contributed by atoms with E-state index in [0.717, 1.165) is 38.2 Å². The van der Waals surface area contributed by atoms with Crippen LogP contribution in [0.15, 0.2) is 4.99 Å². The number of likely N-dealkylation sites (N-methyl/N-ethyl adjacent to an activating group) is 1. The minimum absolute atomic E-state index is 0. The van der Waals surface area contributed by atoms with E-state index < -0.39 is 0 Å². The fourth-order valence-corrected chi connectivity index (χ4v) is 1.95. The lowest BCUT2D eigenvalue weighted by atomic mass is 10.1. The molecule has 1 aliphatic carbocycles. The summed E-state index contributed by atoms with van der Waals surface area (Å²) in [5.74, 6) is 0.844. The Morgan fingerprint density at radius 1 is 1.35 bits per heavy atom. The van der Waals surface area contributed by atoms with Gasteiger partial charge in [-0.05, 0) is 33.2 Å². The summed E-state index contributed by atoms with van der Waals surface area (Å²) < 4.78 is 5.38. The van der Waals surface area contributed by atoms with Gasteiger partial charge >= 0.3 is 0 Å². The van der Waals surface area contributed by atoms with Crippen LogP contribution in [-0.2, 0) is 4.74 Å². The largest absolute Gasteiger partial charge is 0.377 e. The minimum atomic E-state index is -0.179. The average Bonchev–Trinajstić information content (AvgIpc) is 3.22. The Kier molecular flexibility index (Phi) is 9.74. The summed E-state index contributed by atoms with van der Waals surface area (Å²) in [5.41, 5.74) is -0.179. The first-order valence-electron chi connectivity index (χ1n) is 7.26. The van der Waals surface area contributed by atoms with E-state index in [4.69, 9.17) is 4.74 Å². The summed E-state index contributed by atoms with van der Waals surface area (Å²) in [6.45, 7) is 10.2. The second kappa shape index (κ2) is 9.78. The van der Waals surface area contributed by atoms with Gasteiger partial charge < -0.3 is 15.4 Å². The molecule has 0 aliphatic heterocycles. The van der Waals surface area contributed by atoms with Gasteiger partial charge in [-0.25, -0.2) is 0 Å². The van der Waals surface area contributed by atoms with Crippen molar-refractivity contribution in [3.63, 3.8) is 0 Å². The molecule has 0 unspecified atom stereocenters. The Morgan fingerprint density at radius 2 is 2.00 bits per heavy atom. The maximum atomic E-state index is 5.38. The molecule has 1 rings (SSSR count). The molecule has 1 aliphatic rings. The first-order chi connectivity index (χ1) is 9.02. The normalized spacial score (nSPS) is 16.0. The first-order valence-corrected chi connectivity index (χ1v) is 7.26. The monoisotopic (exact) mass is 398 g/mol. The number of hydrogen-bond donors (Lipinski definition) is 2. The molecule has 0 amide bonds. The quantitative estimate of drug-likeness (QED) is 0.371. The second-order valence-electron chi connectivity index (χ2n) is 5.68. The number of nitrogens with one attached hydrogen (secondary N) is 2. The van der Waals surface area contributed by atoms with Crippen LogP contribution in [0.1, 0.15) is 33.6 Å². The summed E-state index contributed by atoms with van der Waals surface area (Å²) in [6, 6.07) is 0.828. The predicted octanol–water partition coefficient (Wildman–Crippen LogP) is 1.68. The predicted molar refractivity (Wildman–Crippen MR) is 96.1 cm³/mol. The summed E-state index contributed by atoms with van der Waals surface area (Å²) in [7, 11) is 3.53. The number of ether oxygens (including phenoxy) is 1. The van der Waals surface area contributed by atoms with Crippen molar-refractivity contribution in [2.45, 2.75) is 45.3 Å². The number of guanidine groups is 1. The van der Waals surface area contributed by atoms with Gasteiger partial charge in [-0.2, -0.15) is 0 Å². The molecule has 120 valence electrons. The summed E-state index contributed by atoms with van der Waals surface area (Å²) >= 11 is 0. The molecular formula is C14H31IN4O. The molecule has 0 aromatic rings. The van der Waals surface area contributed by atoms with Gasteiger partial charge in [0.2, 0.25) is 0 Å². The highest BCUT2D eigenvalue weighted by Crippen LogP contribution is 2.25. The molecule has 5 nitrogen and oxygen atoms in total. The van der Waals surface area contributed by atoms with Gasteiger partial charge in [0.25, 0.3) is 0 Å². The number of hydrogen-bond acceptors (Lipinski definition) is 3. The summed E-state index contributed by atoms with van der Waals surface area (Å²) in [5, 5.41) is 6.65.